The number of halogens is 1. The van der Waals surface area contributed by atoms with Gasteiger partial charge in [0.2, 0.25) is 11.8 Å². The van der Waals surface area contributed by atoms with Gasteiger partial charge in [-0.15, -0.1) is 0 Å². The molecule has 1 aliphatic rings. The molecule has 34 heavy (non-hydrogen) atoms. The monoisotopic (exact) mass is 479 g/mol. The molecule has 1 heterocycles. The first-order valence-electron chi connectivity index (χ1n) is 11.1. The van der Waals surface area contributed by atoms with Crippen molar-refractivity contribution in [2.24, 2.45) is 5.92 Å². The van der Waals surface area contributed by atoms with Crippen molar-refractivity contribution in [3.63, 3.8) is 0 Å². The number of amides is 2. The standard InChI is InChI=1S/C26H26ClN3O4/c1-2-33-21-13-11-20(12-14-21)30-16-19(15-25(30)31)26(32)29-28-23-9-5-6-10-24(23)34-17-18-7-3-4-8-22(18)27/h3-14,19,28H,2,15-17H2,1H3,(H,29,32)/t19-/m0/s1. The summed E-state index contributed by atoms with van der Waals surface area (Å²) in [6, 6.07) is 22.0. The van der Waals surface area contributed by atoms with Crippen molar-refractivity contribution in [1.29, 1.82) is 0 Å². The van der Waals surface area contributed by atoms with Gasteiger partial charge < -0.3 is 14.4 Å². The molecule has 3 aromatic rings. The lowest BCUT2D eigenvalue weighted by Gasteiger charge is -2.18. The van der Waals surface area contributed by atoms with Gasteiger partial charge in [-0.3, -0.25) is 20.4 Å². The highest BCUT2D eigenvalue weighted by molar-refractivity contribution is 6.31. The van der Waals surface area contributed by atoms with Gasteiger partial charge in [0, 0.05) is 29.2 Å². The zero-order chi connectivity index (χ0) is 23.9. The molecule has 2 N–H and O–H groups in total. The lowest BCUT2D eigenvalue weighted by atomic mass is 10.1. The van der Waals surface area contributed by atoms with Crippen LogP contribution in [0.1, 0.15) is 18.9 Å². The third kappa shape index (κ3) is 5.61. The summed E-state index contributed by atoms with van der Waals surface area (Å²) in [5, 5.41) is 0.629. The van der Waals surface area contributed by atoms with E-state index in [1.54, 1.807) is 17.0 Å². The van der Waals surface area contributed by atoms with Crippen molar-refractivity contribution < 1.29 is 19.1 Å². The molecular weight excluding hydrogens is 454 g/mol. The minimum atomic E-state index is -0.470. The highest BCUT2D eigenvalue weighted by atomic mass is 35.5. The summed E-state index contributed by atoms with van der Waals surface area (Å²) in [5.41, 5.74) is 7.86. The Hall–Kier alpha value is -3.71. The van der Waals surface area contributed by atoms with Gasteiger partial charge in [0.1, 0.15) is 18.1 Å². The average Bonchev–Trinajstić information content (AvgIpc) is 3.25. The van der Waals surface area contributed by atoms with E-state index in [9.17, 15) is 9.59 Å². The zero-order valence-corrected chi connectivity index (χ0v) is 19.5. The number of anilines is 2. The fourth-order valence-corrected chi connectivity index (χ4v) is 3.91. The molecule has 4 rings (SSSR count). The number of nitrogens with one attached hydrogen (secondary N) is 2. The fourth-order valence-electron chi connectivity index (χ4n) is 3.72. The molecule has 0 aliphatic carbocycles. The molecule has 1 atom stereocenters. The lowest BCUT2D eigenvalue weighted by molar-refractivity contribution is -0.125. The highest BCUT2D eigenvalue weighted by Gasteiger charge is 2.35. The predicted octanol–water partition coefficient (Wildman–Crippen LogP) is 4.81. The molecule has 0 saturated carbocycles. The van der Waals surface area contributed by atoms with Gasteiger partial charge in [-0.1, -0.05) is 41.9 Å². The third-order valence-electron chi connectivity index (χ3n) is 5.50. The second-order valence-corrected chi connectivity index (χ2v) is 8.23. The van der Waals surface area contributed by atoms with E-state index < -0.39 is 5.92 Å². The Morgan fingerprint density at radius 3 is 2.53 bits per heavy atom. The molecule has 8 heteroatoms. The summed E-state index contributed by atoms with van der Waals surface area (Å²) in [6.07, 6.45) is 0.144. The van der Waals surface area contributed by atoms with E-state index in [2.05, 4.69) is 10.9 Å². The van der Waals surface area contributed by atoms with Crippen molar-refractivity contribution in [2.75, 3.05) is 23.5 Å². The normalized spacial score (nSPS) is 15.2. The number of hydrogen-bond donors (Lipinski definition) is 2. The van der Waals surface area contributed by atoms with Gasteiger partial charge in [-0.2, -0.15) is 0 Å². The number of hydrazine groups is 1. The van der Waals surface area contributed by atoms with Crippen LogP contribution in [0, 0.1) is 5.92 Å². The summed E-state index contributed by atoms with van der Waals surface area (Å²) in [5.74, 6) is 0.492. The van der Waals surface area contributed by atoms with Crippen molar-refractivity contribution in [3.8, 4) is 11.5 Å². The van der Waals surface area contributed by atoms with Crippen LogP contribution in [-0.2, 0) is 16.2 Å². The maximum atomic E-state index is 12.8. The Morgan fingerprint density at radius 2 is 1.76 bits per heavy atom. The Balaban J connectivity index is 1.34. The largest absolute Gasteiger partial charge is 0.494 e. The first-order valence-corrected chi connectivity index (χ1v) is 11.5. The number of para-hydroxylation sites is 2. The zero-order valence-electron chi connectivity index (χ0n) is 18.8. The molecule has 1 fully saturated rings. The van der Waals surface area contributed by atoms with Gasteiger partial charge in [0.25, 0.3) is 0 Å². The molecule has 0 spiro atoms. The third-order valence-corrected chi connectivity index (χ3v) is 5.87. The Kier molecular flexibility index (Phi) is 7.54. The van der Waals surface area contributed by atoms with Crippen LogP contribution in [0.25, 0.3) is 0 Å². The second kappa shape index (κ2) is 10.9. The van der Waals surface area contributed by atoms with Crippen LogP contribution in [0.15, 0.2) is 72.8 Å². The Bertz CT molecular complexity index is 1150. The number of rotatable bonds is 9. The summed E-state index contributed by atoms with van der Waals surface area (Å²) < 4.78 is 11.4. The van der Waals surface area contributed by atoms with Crippen LogP contribution in [-0.4, -0.2) is 25.0 Å². The first-order chi connectivity index (χ1) is 16.5. The molecule has 0 aromatic heterocycles. The predicted molar refractivity (Wildman–Crippen MR) is 132 cm³/mol. The second-order valence-electron chi connectivity index (χ2n) is 7.82. The van der Waals surface area contributed by atoms with Crippen molar-refractivity contribution in [2.45, 2.75) is 20.0 Å². The minimum absolute atomic E-state index is 0.0900. The van der Waals surface area contributed by atoms with Gasteiger partial charge >= 0.3 is 0 Å². The molecule has 176 valence electrons. The SMILES string of the molecule is CCOc1ccc(N2C[C@@H](C(=O)NNc3ccccc3OCc3ccccc3Cl)CC2=O)cc1. The lowest BCUT2D eigenvalue weighted by Crippen LogP contribution is -2.36. The maximum Gasteiger partial charge on any atom is 0.243 e. The Morgan fingerprint density at radius 1 is 1.03 bits per heavy atom. The Labute approximate surface area is 203 Å². The average molecular weight is 480 g/mol. The molecule has 1 aliphatic heterocycles. The van der Waals surface area contributed by atoms with Gasteiger partial charge in [-0.05, 0) is 49.4 Å². The molecule has 0 bridgehead atoms. The van der Waals surface area contributed by atoms with E-state index in [0.29, 0.717) is 36.2 Å². The van der Waals surface area contributed by atoms with E-state index >= 15 is 0 Å². The van der Waals surface area contributed by atoms with Gasteiger partial charge in [0.05, 0.1) is 18.2 Å². The van der Waals surface area contributed by atoms with Crippen LogP contribution in [0.4, 0.5) is 11.4 Å². The van der Waals surface area contributed by atoms with Gasteiger partial charge in [-0.25, -0.2) is 0 Å². The fraction of sp³-hybridized carbons (Fsp3) is 0.231. The van der Waals surface area contributed by atoms with Crippen molar-refractivity contribution in [3.05, 3.63) is 83.4 Å². The molecule has 2 amide bonds. The van der Waals surface area contributed by atoms with E-state index in [0.717, 1.165) is 17.0 Å². The number of hydrogen-bond acceptors (Lipinski definition) is 5. The van der Waals surface area contributed by atoms with Crippen molar-refractivity contribution in [1.82, 2.24) is 5.43 Å². The summed E-state index contributed by atoms with van der Waals surface area (Å²) in [6.45, 7) is 3.09. The van der Waals surface area contributed by atoms with Crippen LogP contribution in [0.5, 0.6) is 11.5 Å². The summed E-state index contributed by atoms with van der Waals surface area (Å²) in [7, 11) is 0. The number of benzene rings is 3. The van der Waals surface area contributed by atoms with Gasteiger partial charge in [0.15, 0.2) is 0 Å². The summed E-state index contributed by atoms with van der Waals surface area (Å²) >= 11 is 6.20. The van der Waals surface area contributed by atoms with Crippen LogP contribution in [0.3, 0.4) is 0 Å². The minimum Gasteiger partial charge on any atom is -0.494 e. The molecular formula is C26H26ClN3O4. The van der Waals surface area contributed by atoms with E-state index in [-0.39, 0.29) is 18.2 Å². The van der Waals surface area contributed by atoms with Crippen LogP contribution < -0.4 is 25.2 Å². The number of carbonyl (C=O) groups is 2. The van der Waals surface area contributed by atoms with E-state index in [4.69, 9.17) is 21.1 Å². The molecule has 7 nitrogen and oxygen atoms in total. The number of ether oxygens (including phenoxy) is 2. The molecule has 0 radical (unpaired) electrons. The molecule has 0 unspecified atom stereocenters. The summed E-state index contributed by atoms with van der Waals surface area (Å²) in [4.78, 5) is 27.0. The number of nitrogens with zero attached hydrogens (tertiary/aromatic N) is 1. The smallest absolute Gasteiger partial charge is 0.243 e. The van der Waals surface area contributed by atoms with E-state index in [1.807, 2.05) is 67.6 Å². The highest BCUT2D eigenvalue weighted by Crippen LogP contribution is 2.28. The topological polar surface area (TPSA) is 79.9 Å². The van der Waals surface area contributed by atoms with Crippen LogP contribution in [0.2, 0.25) is 5.02 Å². The maximum absolute atomic E-state index is 12.8. The van der Waals surface area contributed by atoms with Crippen LogP contribution >= 0.6 is 11.6 Å². The van der Waals surface area contributed by atoms with Crippen molar-refractivity contribution >= 4 is 34.8 Å². The van der Waals surface area contributed by atoms with E-state index in [1.165, 1.54) is 0 Å². The molecule has 3 aromatic carbocycles. The molecule has 1 saturated heterocycles. The number of carbonyl (C=O) groups excluding carboxylic acids is 2. The quantitative estimate of drug-likeness (QED) is 0.430. The first kappa shape index (κ1) is 23.4.